The van der Waals surface area contributed by atoms with Gasteiger partial charge in [0, 0.05) is 17.9 Å². The van der Waals surface area contributed by atoms with Crippen molar-refractivity contribution in [3.63, 3.8) is 0 Å². The molecule has 1 aromatic heterocycles. The first-order chi connectivity index (χ1) is 10.4. The molecule has 1 N–H and O–H groups in total. The Bertz CT molecular complexity index is 621. The number of carbonyl (C=O) groups excluding carboxylic acids is 1. The number of aromatic nitrogens is 1. The van der Waals surface area contributed by atoms with Gasteiger partial charge < -0.3 is 9.84 Å². The molecule has 2 aromatic rings. The Balaban J connectivity index is 1.86. The lowest BCUT2D eigenvalue weighted by Gasteiger charge is -2.12. The molecular weight excluding hydrogens is 276 g/mol. The van der Waals surface area contributed by atoms with Crippen LogP contribution < -0.4 is 5.32 Å². The third kappa shape index (κ3) is 4.45. The Morgan fingerprint density at radius 2 is 1.82 bits per heavy atom. The molecule has 0 saturated heterocycles. The summed E-state index contributed by atoms with van der Waals surface area (Å²) in [5, 5.41) is 6.68. The normalized spacial score (nSPS) is 11.5. The molecule has 0 radical (unpaired) electrons. The molecule has 4 heteroatoms. The van der Waals surface area contributed by atoms with Crippen molar-refractivity contribution >= 4 is 11.7 Å². The molecule has 0 spiro atoms. The summed E-state index contributed by atoms with van der Waals surface area (Å²) in [4.78, 5) is 12.0. The lowest BCUT2D eigenvalue weighted by molar-refractivity contribution is -0.116. The highest BCUT2D eigenvalue weighted by atomic mass is 16.5. The molecule has 0 aliphatic carbocycles. The summed E-state index contributed by atoms with van der Waals surface area (Å²) >= 11 is 0. The predicted molar refractivity (Wildman–Crippen MR) is 88.0 cm³/mol. The number of benzene rings is 1. The number of rotatable bonds is 5. The number of hydrogen-bond acceptors (Lipinski definition) is 3. The third-order valence-electron chi connectivity index (χ3n) is 3.59. The quantitative estimate of drug-likeness (QED) is 0.904. The van der Waals surface area contributed by atoms with Crippen LogP contribution >= 0.6 is 0 Å². The van der Waals surface area contributed by atoms with Gasteiger partial charge in [0.05, 0.1) is 0 Å². The summed E-state index contributed by atoms with van der Waals surface area (Å²) in [6.45, 7) is 8.25. The number of nitrogens with zero attached hydrogens (tertiary/aromatic N) is 1. The van der Waals surface area contributed by atoms with E-state index in [1.165, 1.54) is 11.1 Å². The fourth-order valence-corrected chi connectivity index (χ4v) is 2.09. The van der Waals surface area contributed by atoms with Crippen LogP contribution in [-0.4, -0.2) is 11.1 Å². The molecule has 2 rings (SSSR count). The zero-order chi connectivity index (χ0) is 16.2. The highest BCUT2D eigenvalue weighted by Gasteiger charge is 2.20. The Hall–Kier alpha value is -2.10. The molecule has 4 nitrogen and oxygen atoms in total. The second kappa shape index (κ2) is 6.77. The topological polar surface area (TPSA) is 55.1 Å². The van der Waals surface area contributed by atoms with Gasteiger partial charge in [0.2, 0.25) is 5.91 Å². The molecule has 118 valence electrons. The summed E-state index contributed by atoms with van der Waals surface area (Å²) in [7, 11) is 0. The van der Waals surface area contributed by atoms with Gasteiger partial charge in [0.15, 0.2) is 5.82 Å². The largest absolute Gasteiger partial charge is 0.359 e. The van der Waals surface area contributed by atoms with E-state index >= 15 is 0 Å². The van der Waals surface area contributed by atoms with Crippen molar-refractivity contribution in [2.24, 2.45) is 0 Å². The summed E-state index contributed by atoms with van der Waals surface area (Å²) in [6, 6.07) is 10.2. The Labute approximate surface area is 131 Å². The zero-order valence-electron chi connectivity index (χ0n) is 13.8. The minimum absolute atomic E-state index is 0.0478. The molecule has 0 atom stereocenters. The van der Waals surface area contributed by atoms with E-state index in [2.05, 4.69) is 41.7 Å². The van der Waals surface area contributed by atoms with Crippen molar-refractivity contribution in [3.05, 3.63) is 47.2 Å². The first-order valence-electron chi connectivity index (χ1n) is 7.73. The van der Waals surface area contributed by atoms with Crippen LogP contribution in [-0.2, 0) is 23.1 Å². The SMILES string of the molecule is CCc1ccc(CCC(=O)Nc2cc(C(C)(C)C)on2)cc1. The second-order valence-electron chi connectivity index (χ2n) is 6.54. The Kier molecular flexibility index (Phi) is 5.01. The monoisotopic (exact) mass is 300 g/mol. The van der Waals surface area contributed by atoms with Gasteiger partial charge in [0.25, 0.3) is 0 Å². The molecule has 0 bridgehead atoms. The Morgan fingerprint density at radius 1 is 1.18 bits per heavy atom. The van der Waals surface area contributed by atoms with E-state index in [1.54, 1.807) is 6.07 Å². The van der Waals surface area contributed by atoms with Gasteiger partial charge in [-0.2, -0.15) is 0 Å². The van der Waals surface area contributed by atoms with Crippen LogP contribution in [0.25, 0.3) is 0 Å². The summed E-state index contributed by atoms with van der Waals surface area (Å²) < 4.78 is 5.25. The molecular formula is C18H24N2O2. The maximum Gasteiger partial charge on any atom is 0.225 e. The fourth-order valence-electron chi connectivity index (χ4n) is 2.09. The summed E-state index contributed by atoms with van der Waals surface area (Å²) in [5.74, 6) is 1.20. The van der Waals surface area contributed by atoms with Crippen LogP contribution in [0.1, 0.15) is 51.0 Å². The molecule has 1 aromatic carbocycles. The van der Waals surface area contributed by atoms with Gasteiger partial charge in [-0.3, -0.25) is 4.79 Å². The summed E-state index contributed by atoms with van der Waals surface area (Å²) in [5.41, 5.74) is 2.37. The lowest BCUT2D eigenvalue weighted by atomic mass is 9.93. The highest BCUT2D eigenvalue weighted by molar-refractivity contribution is 5.89. The number of anilines is 1. The molecule has 1 amide bonds. The van der Waals surface area contributed by atoms with E-state index in [4.69, 9.17) is 4.52 Å². The fraction of sp³-hybridized carbons (Fsp3) is 0.444. The second-order valence-corrected chi connectivity index (χ2v) is 6.54. The van der Waals surface area contributed by atoms with Crippen LogP contribution in [0.4, 0.5) is 5.82 Å². The number of carbonyl (C=O) groups is 1. The molecule has 0 saturated carbocycles. The average Bonchev–Trinajstić information content (AvgIpc) is 2.94. The van der Waals surface area contributed by atoms with Crippen molar-refractivity contribution in [3.8, 4) is 0 Å². The van der Waals surface area contributed by atoms with E-state index in [9.17, 15) is 4.79 Å². The van der Waals surface area contributed by atoms with Crippen molar-refractivity contribution in [2.45, 2.75) is 52.4 Å². The molecule has 1 heterocycles. The molecule has 0 aliphatic heterocycles. The van der Waals surface area contributed by atoms with Crippen molar-refractivity contribution in [1.82, 2.24) is 5.16 Å². The van der Waals surface area contributed by atoms with Crippen LogP contribution in [0.15, 0.2) is 34.9 Å². The highest BCUT2D eigenvalue weighted by Crippen LogP contribution is 2.24. The van der Waals surface area contributed by atoms with Crippen molar-refractivity contribution < 1.29 is 9.32 Å². The first kappa shape index (κ1) is 16.3. The van der Waals surface area contributed by atoms with Gasteiger partial charge in [-0.1, -0.05) is 57.1 Å². The van der Waals surface area contributed by atoms with E-state index in [-0.39, 0.29) is 11.3 Å². The van der Waals surface area contributed by atoms with Crippen molar-refractivity contribution in [2.75, 3.05) is 5.32 Å². The standard InChI is InChI=1S/C18H24N2O2/c1-5-13-6-8-14(9-7-13)10-11-17(21)19-16-12-15(22-20-16)18(2,3)4/h6-9,12H,5,10-11H2,1-4H3,(H,19,20,21). The lowest BCUT2D eigenvalue weighted by Crippen LogP contribution is -2.13. The molecule has 22 heavy (non-hydrogen) atoms. The molecule has 0 fully saturated rings. The van der Waals surface area contributed by atoms with E-state index in [1.807, 2.05) is 20.8 Å². The number of aryl methyl sites for hydroxylation is 2. The number of nitrogens with one attached hydrogen (secondary N) is 1. The smallest absolute Gasteiger partial charge is 0.225 e. The summed E-state index contributed by atoms with van der Waals surface area (Å²) in [6.07, 6.45) is 2.19. The van der Waals surface area contributed by atoms with Gasteiger partial charge in [-0.25, -0.2) is 0 Å². The van der Waals surface area contributed by atoms with Gasteiger partial charge >= 0.3 is 0 Å². The minimum Gasteiger partial charge on any atom is -0.359 e. The van der Waals surface area contributed by atoms with Gasteiger partial charge in [0.1, 0.15) is 5.76 Å². The van der Waals surface area contributed by atoms with Crippen LogP contribution in [0.3, 0.4) is 0 Å². The van der Waals surface area contributed by atoms with E-state index in [0.29, 0.717) is 12.2 Å². The first-order valence-corrected chi connectivity index (χ1v) is 7.73. The predicted octanol–water partition coefficient (Wildman–Crippen LogP) is 4.11. The Morgan fingerprint density at radius 3 is 2.36 bits per heavy atom. The maximum atomic E-state index is 12.0. The van der Waals surface area contributed by atoms with E-state index < -0.39 is 0 Å². The van der Waals surface area contributed by atoms with Gasteiger partial charge in [-0.15, -0.1) is 0 Å². The molecule has 0 aliphatic rings. The maximum absolute atomic E-state index is 12.0. The van der Waals surface area contributed by atoms with Crippen LogP contribution in [0.2, 0.25) is 0 Å². The zero-order valence-corrected chi connectivity index (χ0v) is 13.8. The van der Waals surface area contributed by atoms with E-state index in [0.717, 1.165) is 18.6 Å². The minimum atomic E-state index is -0.114. The van der Waals surface area contributed by atoms with Crippen LogP contribution in [0, 0.1) is 0 Å². The average molecular weight is 300 g/mol. The number of amides is 1. The molecule has 0 unspecified atom stereocenters. The van der Waals surface area contributed by atoms with Crippen LogP contribution in [0.5, 0.6) is 0 Å². The third-order valence-corrected chi connectivity index (χ3v) is 3.59. The number of hydrogen-bond donors (Lipinski definition) is 1. The van der Waals surface area contributed by atoms with Crippen molar-refractivity contribution in [1.29, 1.82) is 0 Å². The van der Waals surface area contributed by atoms with Gasteiger partial charge in [-0.05, 0) is 24.0 Å².